The van der Waals surface area contributed by atoms with Crippen LogP contribution in [0.15, 0.2) is 0 Å². The molecule has 5 nitrogen and oxygen atoms in total. The molecule has 5 heteroatoms. The number of carbonyl (C=O) groups excluding carboxylic acids is 2. The van der Waals surface area contributed by atoms with E-state index in [9.17, 15) is 9.59 Å². The van der Waals surface area contributed by atoms with E-state index < -0.39 is 0 Å². The van der Waals surface area contributed by atoms with Gasteiger partial charge < -0.3 is 9.80 Å². The number of rotatable bonds is 6. The van der Waals surface area contributed by atoms with E-state index in [0.717, 1.165) is 39.0 Å². The molecule has 0 unspecified atom stereocenters. The monoisotopic (exact) mass is 297 g/mol. The Bertz CT molecular complexity index is 345. The zero-order valence-electron chi connectivity index (χ0n) is 14.3. The molecule has 21 heavy (non-hydrogen) atoms. The Hall–Kier alpha value is -1.10. The molecule has 1 aliphatic rings. The highest BCUT2D eigenvalue weighted by Crippen LogP contribution is 2.19. The van der Waals surface area contributed by atoms with E-state index in [1.54, 1.807) is 4.90 Å². The van der Waals surface area contributed by atoms with E-state index in [1.165, 1.54) is 0 Å². The van der Waals surface area contributed by atoms with Gasteiger partial charge in [0.25, 0.3) is 0 Å². The average Bonchev–Trinajstić information content (AvgIpc) is 2.48. The van der Waals surface area contributed by atoms with E-state index in [2.05, 4.69) is 4.90 Å². The molecule has 0 N–H and O–H groups in total. The molecule has 0 aromatic rings. The maximum absolute atomic E-state index is 12.3. The average molecular weight is 297 g/mol. The Morgan fingerprint density at radius 2 is 1.67 bits per heavy atom. The predicted octanol–water partition coefficient (Wildman–Crippen LogP) is 1.43. The van der Waals surface area contributed by atoms with Crippen LogP contribution in [0.5, 0.6) is 0 Å². The van der Waals surface area contributed by atoms with Crippen LogP contribution in [0, 0.1) is 5.92 Å². The van der Waals surface area contributed by atoms with Crippen molar-refractivity contribution in [1.29, 1.82) is 0 Å². The number of hydrogen-bond acceptors (Lipinski definition) is 3. The van der Waals surface area contributed by atoms with Crippen LogP contribution in [0.3, 0.4) is 0 Å². The molecule has 2 amide bonds. The highest BCUT2D eigenvalue weighted by molar-refractivity contribution is 5.79. The summed E-state index contributed by atoms with van der Waals surface area (Å²) in [7, 11) is 1.85. The van der Waals surface area contributed by atoms with Crippen molar-refractivity contribution in [3.8, 4) is 0 Å². The summed E-state index contributed by atoms with van der Waals surface area (Å²) in [6, 6.07) is 0.235. The van der Waals surface area contributed by atoms with E-state index in [0.29, 0.717) is 6.54 Å². The molecule has 0 saturated carbocycles. The summed E-state index contributed by atoms with van der Waals surface area (Å²) < 4.78 is 0. The van der Waals surface area contributed by atoms with Crippen molar-refractivity contribution in [2.75, 3.05) is 39.8 Å². The lowest BCUT2D eigenvalue weighted by atomic mass is 9.95. The second-order valence-electron chi connectivity index (χ2n) is 6.16. The number of likely N-dealkylation sites (N-methyl/N-ethyl adjacent to an activating group) is 1. The predicted molar refractivity (Wildman–Crippen MR) is 85.0 cm³/mol. The summed E-state index contributed by atoms with van der Waals surface area (Å²) >= 11 is 0. The number of amides is 2. The van der Waals surface area contributed by atoms with Crippen molar-refractivity contribution < 1.29 is 9.59 Å². The Kier molecular flexibility index (Phi) is 7.15. The summed E-state index contributed by atoms with van der Waals surface area (Å²) in [4.78, 5) is 30.3. The SMILES string of the molecule is CCN(CC)C(=O)C1CCN(CC(=O)N(C)C(C)C)CC1. The van der Waals surface area contributed by atoms with Crippen LogP contribution in [0.25, 0.3) is 0 Å². The van der Waals surface area contributed by atoms with Crippen LogP contribution < -0.4 is 0 Å². The first-order valence-corrected chi connectivity index (χ1v) is 8.17. The van der Waals surface area contributed by atoms with Gasteiger partial charge in [0.1, 0.15) is 0 Å². The van der Waals surface area contributed by atoms with Gasteiger partial charge in [0.15, 0.2) is 0 Å². The summed E-state index contributed by atoms with van der Waals surface area (Å²) in [6.07, 6.45) is 1.74. The van der Waals surface area contributed by atoms with Crippen LogP contribution in [-0.2, 0) is 9.59 Å². The largest absolute Gasteiger partial charge is 0.343 e. The van der Waals surface area contributed by atoms with Gasteiger partial charge in [-0.1, -0.05) is 0 Å². The minimum Gasteiger partial charge on any atom is -0.343 e. The number of likely N-dealkylation sites (tertiary alicyclic amines) is 1. The Morgan fingerprint density at radius 1 is 1.14 bits per heavy atom. The first kappa shape index (κ1) is 18.0. The summed E-state index contributed by atoms with van der Waals surface area (Å²) in [6.45, 7) is 11.8. The van der Waals surface area contributed by atoms with Crippen molar-refractivity contribution in [1.82, 2.24) is 14.7 Å². The molecular formula is C16H31N3O2. The molecule has 1 saturated heterocycles. The normalized spacial score (nSPS) is 17.0. The maximum Gasteiger partial charge on any atom is 0.236 e. The van der Waals surface area contributed by atoms with Gasteiger partial charge in [0.05, 0.1) is 6.54 Å². The van der Waals surface area contributed by atoms with Gasteiger partial charge in [-0.25, -0.2) is 0 Å². The van der Waals surface area contributed by atoms with E-state index in [4.69, 9.17) is 0 Å². The summed E-state index contributed by atoms with van der Waals surface area (Å²) in [5.74, 6) is 0.586. The molecule has 1 rings (SSSR count). The van der Waals surface area contributed by atoms with Crippen LogP contribution in [-0.4, -0.2) is 72.3 Å². The van der Waals surface area contributed by atoms with Crippen LogP contribution >= 0.6 is 0 Å². The third-order valence-electron chi connectivity index (χ3n) is 4.54. The Morgan fingerprint density at radius 3 is 2.10 bits per heavy atom. The quantitative estimate of drug-likeness (QED) is 0.745. The molecule has 0 aromatic heterocycles. The number of piperidine rings is 1. The molecule has 0 atom stereocenters. The van der Waals surface area contributed by atoms with Gasteiger partial charge in [0, 0.05) is 32.1 Å². The summed E-state index contributed by atoms with van der Waals surface area (Å²) in [5, 5.41) is 0. The number of nitrogens with zero attached hydrogens (tertiary/aromatic N) is 3. The van der Waals surface area contributed by atoms with Crippen molar-refractivity contribution in [3.63, 3.8) is 0 Å². The highest BCUT2D eigenvalue weighted by atomic mass is 16.2. The maximum atomic E-state index is 12.3. The molecule has 0 spiro atoms. The highest BCUT2D eigenvalue weighted by Gasteiger charge is 2.28. The zero-order valence-corrected chi connectivity index (χ0v) is 14.3. The molecular weight excluding hydrogens is 266 g/mol. The van der Waals surface area contributed by atoms with Gasteiger partial charge in [-0.2, -0.15) is 0 Å². The van der Waals surface area contributed by atoms with Gasteiger partial charge in [-0.3, -0.25) is 14.5 Å². The molecule has 122 valence electrons. The van der Waals surface area contributed by atoms with Gasteiger partial charge in [-0.15, -0.1) is 0 Å². The molecule has 1 aliphatic heterocycles. The molecule has 0 bridgehead atoms. The van der Waals surface area contributed by atoms with Crippen molar-refractivity contribution in [3.05, 3.63) is 0 Å². The third kappa shape index (κ3) is 4.99. The van der Waals surface area contributed by atoms with Crippen molar-refractivity contribution in [2.24, 2.45) is 5.92 Å². The first-order valence-electron chi connectivity index (χ1n) is 8.17. The zero-order chi connectivity index (χ0) is 16.0. The van der Waals surface area contributed by atoms with E-state index in [-0.39, 0.29) is 23.8 Å². The molecule has 1 heterocycles. The number of hydrogen-bond donors (Lipinski definition) is 0. The standard InChI is InChI=1S/C16H31N3O2/c1-6-19(7-2)16(21)14-8-10-18(11-9-14)12-15(20)17(5)13(3)4/h13-14H,6-12H2,1-5H3. The van der Waals surface area contributed by atoms with Crippen LogP contribution in [0.1, 0.15) is 40.5 Å². The van der Waals surface area contributed by atoms with Crippen LogP contribution in [0.4, 0.5) is 0 Å². The van der Waals surface area contributed by atoms with E-state index >= 15 is 0 Å². The first-order chi connectivity index (χ1) is 9.90. The Labute approximate surface area is 129 Å². The lowest BCUT2D eigenvalue weighted by molar-refractivity contribution is -0.137. The molecule has 0 aromatic carbocycles. The fraction of sp³-hybridized carbons (Fsp3) is 0.875. The lowest BCUT2D eigenvalue weighted by Gasteiger charge is -2.34. The molecule has 0 aliphatic carbocycles. The minimum atomic E-state index is 0.138. The topological polar surface area (TPSA) is 43.9 Å². The number of carbonyl (C=O) groups is 2. The van der Waals surface area contributed by atoms with E-state index in [1.807, 2.05) is 39.6 Å². The fourth-order valence-corrected chi connectivity index (χ4v) is 2.72. The lowest BCUT2D eigenvalue weighted by Crippen LogP contribution is -2.46. The Balaban J connectivity index is 2.42. The van der Waals surface area contributed by atoms with Crippen LogP contribution in [0.2, 0.25) is 0 Å². The van der Waals surface area contributed by atoms with Gasteiger partial charge in [0.2, 0.25) is 11.8 Å². The van der Waals surface area contributed by atoms with Crippen molar-refractivity contribution >= 4 is 11.8 Å². The second kappa shape index (κ2) is 8.37. The molecule has 1 fully saturated rings. The van der Waals surface area contributed by atoms with Gasteiger partial charge >= 0.3 is 0 Å². The third-order valence-corrected chi connectivity index (χ3v) is 4.54. The fourth-order valence-electron chi connectivity index (χ4n) is 2.72. The molecule has 0 radical (unpaired) electrons. The second-order valence-corrected chi connectivity index (χ2v) is 6.16. The van der Waals surface area contributed by atoms with Crippen molar-refractivity contribution in [2.45, 2.75) is 46.6 Å². The smallest absolute Gasteiger partial charge is 0.236 e. The van der Waals surface area contributed by atoms with Gasteiger partial charge in [-0.05, 0) is 53.6 Å². The minimum absolute atomic E-state index is 0.138. The summed E-state index contributed by atoms with van der Waals surface area (Å²) in [5.41, 5.74) is 0.